The predicted octanol–water partition coefficient (Wildman–Crippen LogP) is 2.80. The van der Waals surface area contributed by atoms with Crippen LogP contribution in [0.1, 0.15) is 45.0 Å². The van der Waals surface area contributed by atoms with Crippen LogP contribution in [0.4, 0.5) is 8.78 Å². The van der Waals surface area contributed by atoms with E-state index in [1.807, 2.05) is 25.5 Å². The van der Waals surface area contributed by atoms with E-state index in [2.05, 4.69) is 10.4 Å². The summed E-state index contributed by atoms with van der Waals surface area (Å²) in [7, 11) is 1.60. The second-order valence-electron chi connectivity index (χ2n) is 5.00. The van der Waals surface area contributed by atoms with Crippen LogP contribution in [-0.4, -0.2) is 43.1 Å². The Balaban J connectivity index is 2.81. The molecule has 0 aromatic carbocycles. The van der Waals surface area contributed by atoms with Crippen molar-refractivity contribution in [1.82, 2.24) is 15.1 Å². The van der Waals surface area contributed by atoms with Gasteiger partial charge in [0.15, 0.2) is 5.75 Å². The van der Waals surface area contributed by atoms with Crippen molar-refractivity contribution in [2.24, 2.45) is 0 Å². The number of hydrogen-bond donors (Lipinski definition) is 1. The molecule has 0 aliphatic heterocycles. The minimum absolute atomic E-state index is 0.0486. The lowest BCUT2D eigenvalue weighted by atomic mass is 10.1. The first-order valence-electron chi connectivity index (χ1n) is 7.21. The highest BCUT2D eigenvalue weighted by Crippen LogP contribution is 2.29. The van der Waals surface area contributed by atoms with E-state index in [0.717, 1.165) is 12.2 Å². The van der Waals surface area contributed by atoms with Crippen molar-refractivity contribution in [1.29, 1.82) is 0 Å². The standard InChI is InChI=1S/C14H25F2N3O2/c1-5-17-11(6-7-21-9-13(15)16)14-12(20-4)8-18-19(14)10(2)3/h8,10-11,13,17H,5-7,9H2,1-4H3. The lowest BCUT2D eigenvalue weighted by Gasteiger charge is -2.22. The number of alkyl halides is 2. The molecule has 0 fully saturated rings. The summed E-state index contributed by atoms with van der Waals surface area (Å²) in [5.41, 5.74) is 0.926. The van der Waals surface area contributed by atoms with E-state index in [4.69, 9.17) is 9.47 Å². The van der Waals surface area contributed by atoms with Gasteiger partial charge in [-0.3, -0.25) is 4.68 Å². The van der Waals surface area contributed by atoms with Gasteiger partial charge in [-0.15, -0.1) is 0 Å². The number of hydrogen-bond acceptors (Lipinski definition) is 4. The van der Waals surface area contributed by atoms with Gasteiger partial charge in [0, 0.05) is 12.6 Å². The summed E-state index contributed by atoms with van der Waals surface area (Å²) >= 11 is 0. The van der Waals surface area contributed by atoms with Gasteiger partial charge in [0.25, 0.3) is 6.43 Å². The summed E-state index contributed by atoms with van der Waals surface area (Å²) in [6.45, 7) is 6.55. The summed E-state index contributed by atoms with van der Waals surface area (Å²) in [4.78, 5) is 0. The molecule has 122 valence electrons. The summed E-state index contributed by atoms with van der Waals surface area (Å²) in [6, 6.07) is 0.138. The van der Waals surface area contributed by atoms with E-state index >= 15 is 0 Å². The molecule has 1 heterocycles. The first kappa shape index (κ1) is 17.8. The van der Waals surface area contributed by atoms with Crippen LogP contribution in [0.25, 0.3) is 0 Å². The smallest absolute Gasteiger partial charge is 0.261 e. The van der Waals surface area contributed by atoms with Crippen molar-refractivity contribution < 1.29 is 18.3 Å². The Labute approximate surface area is 124 Å². The van der Waals surface area contributed by atoms with Crippen LogP contribution < -0.4 is 10.1 Å². The lowest BCUT2D eigenvalue weighted by molar-refractivity contribution is 0.0141. The Morgan fingerprint density at radius 3 is 2.62 bits per heavy atom. The normalized spacial score (nSPS) is 13.1. The zero-order valence-corrected chi connectivity index (χ0v) is 13.1. The molecular weight excluding hydrogens is 280 g/mol. The van der Waals surface area contributed by atoms with Crippen LogP contribution in [0.2, 0.25) is 0 Å². The summed E-state index contributed by atoms with van der Waals surface area (Å²) < 4.78 is 36.4. The van der Waals surface area contributed by atoms with Crippen LogP contribution in [0, 0.1) is 0 Å². The topological polar surface area (TPSA) is 48.3 Å². The molecular formula is C14H25F2N3O2. The minimum atomic E-state index is -2.43. The SMILES string of the molecule is CCNC(CCOCC(F)F)c1c(OC)cnn1C(C)C. The molecule has 1 aromatic heterocycles. The molecule has 1 unspecified atom stereocenters. The first-order valence-corrected chi connectivity index (χ1v) is 7.21. The third-order valence-corrected chi connectivity index (χ3v) is 3.08. The van der Waals surface area contributed by atoms with Crippen molar-refractivity contribution in [2.45, 2.75) is 45.7 Å². The van der Waals surface area contributed by atoms with Gasteiger partial charge >= 0.3 is 0 Å². The van der Waals surface area contributed by atoms with Gasteiger partial charge in [-0.05, 0) is 26.8 Å². The Bertz CT molecular complexity index is 411. The summed E-state index contributed by atoms with van der Waals surface area (Å²) in [5, 5.41) is 7.67. The largest absolute Gasteiger partial charge is 0.493 e. The monoisotopic (exact) mass is 305 g/mol. The Morgan fingerprint density at radius 1 is 1.38 bits per heavy atom. The zero-order chi connectivity index (χ0) is 15.8. The van der Waals surface area contributed by atoms with Crippen molar-refractivity contribution in [3.8, 4) is 5.75 Å². The molecule has 0 saturated heterocycles. The second-order valence-corrected chi connectivity index (χ2v) is 5.00. The maximum absolute atomic E-state index is 12.1. The number of ether oxygens (including phenoxy) is 2. The van der Waals surface area contributed by atoms with Crippen molar-refractivity contribution >= 4 is 0 Å². The van der Waals surface area contributed by atoms with Gasteiger partial charge in [-0.25, -0.2) is 8.78 Å². The molecule has 0 saturated carbocycles. The van der Waals surface area contributed by atoms with E-state index in [-0.39, 0.29) is 18.7 Å². The third-order valence-electron chi connectivity index (χ3n) is 3.08. The number of halogens is 2. The number of nitrogens with zero attached hydrogens (tertiary/aromatic N) is 2. The number of aromatic nitrogens is 2. The average Bonchev–Trinajstić information content (AvgIpc) is 2.85. The molecule has 1 aromatic rings. The van der Waals surface area contributed by atoms with Gasteiger partial charge in [-0.1, -0.05) is 6.92 Å². The van der Waals surface area contributed by atoms with Gasteiger partial charge in [0.05, 0.1) is 25.0 Å². The van der Waals surface area contributed by atoms with Crippen LogP contribution in [-0.2, 0) is 4.74 Å². The highest BCUT2D eigenvalue weighted by Gasteiger charge is 2.22. The maximum Gasteiger partial charge on any atom is 0.261 e. The summed E-state index contributed by atoms with van der Waals surface area (Å²) in [6.07, 6.45) is -0.173. The molecule has 1 N–H and O–H groups in total. The molecule has 0 aliphatic rings. The molecule has 0 aliphatic carbocycles. The highest BCUT2D eigenvalue weighted by molar-refractivity contribution is 5.28. The maximum atomic E-state index is 12.1. The molecule has 21 heavy (non-hydrogen) atoms. The highest BCUT2D eigenvalue weighted by atomic mass is 19.3. The van der Waals surface area contributed by atoms with Crippen LogP contribution in [0.3, 0.4) is 0 Å². The Morgan fingerprint density at radius 2 is 2.10 bits per heavy atom. The number of rotatable bonds is 10. The fraction of sp³-hybridized carbons (Fsp3) is 0.786. The Hall–Kier alpha value is -1.21. The van der Waals surface area contributed by atoms with E-state index in [1.165, 1.54) is 0 Å². The average molecular weight is 305 g/mol. The van der Waals surface area contributed by atoms with Crippen molar-refractivity contribution in [3.63, 3.8) is 0 Å². The molecule has 1 atom stereocenters. The van der Waals surface area contributed by atoms with Crippen LogP contribution in [0.5, 0.6) is 5.75 Å². The van der Waals surface area contributed by atoms with Gasteiger partial charge in [0.2, 0.25) is 0 Å². The molecule has 0 spiro atoms. The molecule has 0 amide bonds. The molecule has 7 heteroatoms. The molecule has 1 rings (SSSR count). The Kier molecular flexibility index (Phi) is 7.60. The van der Waals surface area contributed by atoms with E-state index in [0.29, 0.717) is 12.2 Å². The summed E-state index contributed by atoms with van der Waals surface area (Å²) in [5.74, 6) is 0.698. The lowest BCUT2D eigenvalue weighted by Crippen LogP contribution is -2.26. The first-order chi connectivity index (χ1) is 10.0. The van der Waals surface area contributed by atoms with Gasteiger partial charge < -0.3 is 14.8 Å². The van der Waals surface area contributed by atoms with Gasteiger partial charge in [-0.2, -0.15) is 5.10 Å². The number of methoxy groups -OCH3 is 1. The quantitative estimate of drug-likeness (QED) is 0.675. The molecule has 0 bridgehead atoms. The van der Waals surface area contributed by atoms with Gasteiger partial charge in [0.1, 0.15) is 6.61 Å². The fourth-order valence-corrected chi connectivity index (χ4v) is 2.21. The van der Waals surface area contributed by atoms with Crippen LogP contribution in [0.15, 0.2) is 6.20 Å². The number of nitrogens with one attached hydrogen (secondary N) is 1. The minimum Gasteiger partial charge on any atom is -0.493 e. The van der Waals surface area contributed by atoms with Crippen molar-refractivity contribution in [2.75, 3.05) is 26.9 Å². The van der Waals surface area contributed by atoms with E-state index < -0.39 is 13.0 Å². The zero-order valence-electron chi connectivity index (χ0n) is 13.1. The predicted molar refractivity (Wildman–Crippen MR) is 77.0 cm³/mol. The second kappa shape index (κ2) is 8.94. The molecule has 5 nitrogen and oxygen atoms in total. The van der Waals surface area contributed by atoms with Crippen molar-refractivity contribution in [3.05, 3.63) is 11.9 Å². The van der Waals surface area contributed by atoms with E-state index in [1.54, 1.807) is 13.3 Å². The van der Waals surface area contributed by atoms with E-state index in [9.17, 15) is 8.78 Å². The third kappa shape index (κ3) is 5.24. The molecule has 0 radical (unpaired) electrons. The fourth-order valence-electron chi connectivity index (χ4n) is 2.21. The van der Waals surface area contributed by atoms with Crippen LogP contribution >= 0.6 is 0 Å².